The van der Waals surface area contributed by atoms with E-state index in [4.69, 9.17) is 0 Å². The fraction of sp³-hybridized carbons (Fsp3) is 0.429. The highest BCUT2D eigenvalue weighted by Gasteiger charge is 2.38. The number of alkyl halides is 3. The third-order valence-electron chi connectivity index (χ3n) is 2.60. The molecule has 2 amide bonds. The van der Waals surface area contributed by atoms with Crippen molar-refractivity contribution in [2.24, 2.45) is 5.41 Å². The molecule has 0 unspecified atom stereocenters. The summed E-state index contributed by atoms with van der Waals surface area (Å²) in [7, 11) is 0. The first-order valence-electron chi connectivity index (χ1n) is 6.25. The molecule has 0 atom stereocenters. The van der Waals surface area contributed by atoms with Crippen LogP contribution in [0.3, 0.4) is 0 Å². The minimum absolute atomic E-state index is 0.166. The standard InChI is InChI=1S/C14H17F3N2O2/c1-13(2,3)11(20)19-10-6-4-9(5-7-10)8-18-12(21)14(15,16)17/h4-7H,8H2,1-3H3,(H,18,21)(H,19,20). The average Bonchev–Trinajstić information content (AvgIpc) is 2.35. The summed E-state index contributed by atoms with van der Waals surface area (Å²) < 4.78 is 36.0. The molecule has 7 heteroatoms. The molecular formula is C14H17F3N2O2. The summed E-state index contributed by atoms with van der Waals surface area (Å²) in [6, 6.07) is 6.21. The van der Waals surface area contributed by atoms with Crippen molar-refractivity contribution in [3.8, 4) is 0 Å². The van der Waals surface area contributed by atoms with E-state index in [1.807, 2.05) is 0 Å². The Morgan fingerprint density at radius 2 is 1.52 bits per heavy atom. The van der Waals surface area contributed by atoms with Crippen molar-refractivity contribution in [3.05, 3.63) is 29.8 Å². The predicted octanol–water partition coefficient (Wildman–Crippen LogP) is 2.85. The number of amides is 2. The smallest absolute Gasteiger partial charge is 0.344 e. The molecule has 1 aromatic carbocycles. The van der Waals surface area contributed by atoms with Crippen LogP contribution >= 0.6 is 0 Å². The Morgan fingerprint density at radius 3 is 1.95 bits per heavy atom. The highest BCUT2D eigenvalue weighted by atomic mass is 19.4. The van der Waals surface area contributed by atoms with Gasteiger partial charge in [-0.2, -0.15) is 13.2 Å². The molecule has 21 heavy (non-hydrogen) atoms. The number of carbonyl (C=O) groups is 2. The van der Waals surface area contributed by atoms with E-state index in [1.165, 1.54) is 12.1 Å². The van der Waals surface area contributed by atoms with E-state index >= 15 is 0 Å². The van der Waals surface area contributed by atoms with Crippen LogP contribution in [-0.4, -0.2) is 18.0 Å². The number of carbonyl (C=O) groups excluding carboxylic acids is 2. The first-order chi connectivity index (χ1) is 9.50. The molecule has 116 valence electrons. The molecule has 0 spiro atoms. The van der Waals surface area contributed by atoms with Crippen LogP contribution in [0.1, 0.15) is 26.3 Å². The molecule has 0 aromatic heterocycles. The van der Waals surface area contributed by atoms with Gasteiger partial charge >= 0.3 is 12.1 Å². The monoisotopic (exact) mass is 302 g/mol. The fourth-order valence-electron chi connectivity index (χ4n) is 1.31. The summed E-state index contributed by atoms with van der Waals surface area (Å²) in [5.74, 6) is -2.15. The minimum atomic E-state index is -4.89. The summed E-state index contributed by atoms with van der Waals surface area (Å²) in [5.41, 5.74) is 0.501. The lowest BCUT2D eigenvalue weighted by atomic mass is 9.95. The number of rotatable bonds is 3. The predicted molar refractivity (Wildman–Crippen MR) is 72.4 cm³/mol. The van der Waals surface area contributed by atoms with Gasteiger partial charge in [-0.05, 0) is 17.7 Å². The van der Waals surface area contributed by atoms with Crippen molar-refractivity contribution in [3.63, 3.8) is 0 Å². The van der Waals surface area contributed by atoms with Gasteiger partial charge in [0.2, 0.25) is 5.91 Å². The van der Waals surface area contributed by atoms with Crippen LogP contribution in [0.2, 0.25) is 0 Å². The number of nitrogens with one attached hydrogen (secondary N) is 2. The van der Waals surface area contributed by atoms with Crippen molar-refractivity contribution >= 4 is 17.5 Å². The average molecular weight is 302 g/mol. The van der Waals surface area contributed by atoms with Crippen molar-refractivity contribution in [2.45, 2.75) is 33.5 Å². The quantitative estimate of drug-likeness (QED) is 0.902. The zero-order valence-corrected chi connectivity index (χ0v) is 12.0. The summed E-state index contributed by atoms with van der Waals surface area (Å²) in [6.07, 6.45) is -4.89. The van der Waals surface area contributed by atoms with Gasteiger partial charge in [0.05, 0.1) is 0 Å². The molecule has 0 heterocycles. The molecule has 0 bridgehead atoms. The molecule has 0 fully saturated rings. The third-order valence-corrected chi connectivity index (χ3v) is 2.60. The van der Waals surface area contributed by atoms with Crippen molar-refractivity contribution in [2.75, 3.05) is 5.32 Å². The topological polar surface area (TPSA) is 58.2 Å². The van der Waals surface area contributed by atoms with E-state index in [0.29, 0.717) is 11.3 Å². The van der Waals surface area contributed by atoms with Gasteiger partial charge in [-0.15, -0.1) is 0 Å². The van der Waals surface area contributed by atoms with E-state index in [9.17, 15) is 22.8 Å². The van der Waals surface area contributed by atoms with Crippen LogP contribution in [0.4, 0.5) is 18.9 Å². The molecule has 4 nitrogen and oxygen atoms in total. The third kappa shape index (κ3) is 5.45. The molecule has 0 aliphatic heterocycles. The minimum Gasteiger partial charge on any atom is -0.344 e. The summed E-state index contributed by atoms with van der Waals surface area (Å²) in [6.45, 7) is 5.07. The van der Waals surface area contributed by atoms with Crippen LogP contribution < -0.4 is 10.6 Å². The Kier molecular flexibility index (Phi) is 4.98. The van der Waals surface area contributed by atoms with Gasteiger partial charge in [-0.3, -0.25) is 9.59 Å². The molecule has 0 saturated carbocycles. The Hall–Kier alpha value is -2.05. The van der Waals surface area contributed by atoms with Gasteiger partial charge in [-0.25, -0.2) is 0 Å². The number of hydrogen-bond donors (Lipinski definition) is 2. The lowest BCUT2D eigenvalue weighted by Crippen LogP contribution is -2.36. The number of hydrogen-bond acceptors (Lipinski definition) is 2. The number of benzene rings is 1. The van der Waals surface area contributed by atoms with Gasteiger partial charge in [0, 0.05) is 17.6 Å². The highest BCUT2D eigenvalue weighted by Crippen LogP contribution is 2.18. The fourth-order valence-corrected chi connectivity index (χ4v) is 1.31. The van der Waals surface area contributed by atoms with Gasteiger partial charge < -0.3 is 10.6 Å². The maximum atomic E-state index is 12.0. The molecule has 0 radical (unpaired) electrons. The second-order valence-electron chi connectivity index (χ2n) is 5.58. The first kappa shape index (κ1) is 17.0. The summed E-state index contributed by atoms with van der Waals surface area (Å²) in [5, 5.41) is 4.46. The zero-order valence-electron chi connectivity index (χ0n) is 12.0. The Bertz CT molecular complexity index is 517. The van der Waals surface area contributed by atoms with E-state index in [-0.39, 0.29) is 12.5 Å². The lowest BCUT2D eigenvalue weighted by molar-refractivity contribution is -0.173. The molecule has 2 N–H and O–H groups in total. The summed E-state index contributed by atoms with van der Waals surface area (Å²) >= 11 is 0. The largest absolute Gasteiger partial charge is 0.471 e. The van der Waals surface area contributed by atoms with E-state index in [2.05, 4.69) is 5.32 Å². The lowest BCUT2D eigenvalue weighted by Gasteiger charge is -2.17. The van der Waals surface area contributed by atoms with Crippen LogP contribution in [-0.2, 0) is 16.1 Å². The Balaban J connectivity index is 2.59. The van der Waals surface area contributed by atoms with Gasteiger partial charge in [0.25, 0.3) is 0 Å². The molecule has 1 aromatic rings. The molecule has 0 aliphatic rings. The van der Waals surface area contributed by atoms with Crippen molar-refractivity contribution in [1.82, 2.24) is 5.32 Å². The SMILES string of the molecule is CC(C)(C)C(=O)Nc1ccc(CNC(=O)C(F)(F)F)cc1. The Morgan fingerprint density at radius 1 is 1.00 bits per heavy atom. The summed E-state index contributed by atoms with van der Waals surface area (Å²) in [4.78, 5) is 22.4. The maximum absolute atomic E-state index is 12.0. The molecule has 1 rings (SSSR count). The zero-order chi connectivity index (χ0) is 16.3. The van der Waals surface area contributed by atoms with Gasteiger partial charge in [-0.1, -0.05) is 32.9 Å². The molecular weight excluding hydrogens is 285 g/mol. The molecule has 0 aliphatic carbocycles. The molecule has 0 saturated heterocycles. The second kappa shape index (κ2) is 6.15. The van der Waals surface area contributed by atoms with Crippen molar-refractivity contribution < 1.29 is 22.8 Å². The number of anilines is 1. The van der Waals surface area contributed by atoms with E-state index in [0.717, 1.165) is 0 Å². The highest BCUT2D eigenvalue weighted by molar-refractivity contribution is 5.94. The Labute approximate surface area is 120 Å². The van der Waals surface area contributed by atoms with Crippen molar-refractivity contribution in [1.29, 1.82) is 0 Å². The van der Waals surface area contributed by atoms with Gasteiger partial charge in [0.1, 0.15) is 0 Å². The normalized spacial score (nSPS) is 11.9. The van der Waals surface area contributed by atoms with Gasteiger partial charge in [0.15, 0.2) is 0 Å². The first-order valence-corrected chi connectivity index (χ1v) is 6.25. The maximum Gasteiger partial charge on any atom is 0.471 e. The van der Waals surface area contributed by atoms with E-state index in [1.54, 1.807) is 38.2 Å². The van der Waals surface area contributed by atoms with Crippen LogP contribution in [0.25, 0.3) is 0 Å². The van der Waals surface area contributed by atoms with Crippen LogP contribution in [0, 0.1) is 5.41 Å². The number of halogens is 3. The van der Waals surface area contributed by atoms with Crippen LogP contribution in [0.15, 0.2) is 24.3 Å². The van der Waals surface area contributed by atoms with E-state index < -0.39 is 17.5 Å². The van der Waals surface area contributed by atoms with Crippen LogP contribution in [0.5, 0.6) is 0 Å². The second-order valence-corrected chi connectivity index (χ2v) is 5.58.